The smallest absolute Gasteiger partial charge is 0.339 e. The number of hydrogen-bond acceptors (Lipinski definition) is 4. The van der Waals surface area contributed by atoms with E-state index in [9.17, 15) is 9.59 Å². The summed E-state index contributed by atoms with van der Waals surface area (Å²) in [6.07, 6.45) is 2.94. The first kappa shape index (κ1) is 16.0. The lowest BCUT2D eigenvalue weighted by atomic mass is 10.1. The Balaban J connectivity index is 3.16. The molecule has 0 fully saturated rings. The van der Waals surface area contributed by atoms with Crippen LogP contribution in [0.4, 0.5) is 0 Å². The summed E-state index contributed by atoms with van der Waals surface area (Å²) in [5, 5.41) is 0. The number of carbonyl (C=O) groups is 2. The third-order valence-corrected chi connectivity index (χ3v) is 3.60. The largest absolute Gasteiger partial charge is 0.469 e. The predicted molar refractivity (Wildman–Crippen MR) is 79.7 cm³/mol. The zero-order valence-electron chi connectivity index (χ0n) is 11.4. The van der Waals surface area contributed by atoms with E-state index in [-0.39, 0.29) is 12.4 Å². The second-order valence-electron chi connectivity index (χ2n) is 4.11. The lowest BCUT2D eigenvalue weighted by Gasteiger charge is -2.09. The predicted octanol–water partition coefficient (Wildman–Crippen LogP) is 2.12. The van der Waals surface area contributed by atoms with E-state index in [1.165, 1.54) is 14.2 Å². The van der Waals surface area contributed by atoms with Gasteiger partial charge in [-0.3, -0.25) is 4.79 Å². The van der Waals surface area contributed by atoms with E-state index >= 15 is 0 Å². The van der Waals surface area contributed by atoms with Gasteiger partial charge in [-0.2, -0.15) is 0 Å². The van der Waals surface area contributed by atoms with Crippen LogP contribution in [0.3, 0.4) is 0 Å². The summed E-state index contributed by atoms with van der Waals surface area (Å²) >= 11 is 2.30. The molecule has 1 aromatic rings. The molecule has 0 N–H and O–H groups in total. The summed E-state index contributed by atoms with van der Waals surface area (Å²) in [5.74, 6) is -0.774. The van der Waals surface area contributed by atoms with Gasteiger partial charge in [0.1, 0.15) is 0 Å². The Bertz CT molecular complexity index is 467. The van der Waals surface area contributed by atoms with Crippen LogP contribution in [0.15, 0.2) is 6.20 Å². The molecular weight excluding hydrogens is 361 g/mol. The zero-order valence-corrected chi connectivity index (χ0v) is 13.5. The van der Waals surface area contributed by atoms with Crippen molar-refractivity contribution in [2.75, 3.05) is 18.6 Å². The van der Waals surface area contributed by atoms with Crippen molar-refractivity contribution in [3.8, 4) is 0 Å². The van der Waals surface area contributed by atoms with Gasteiger partial charge in [0.2, 0.25) is 0 Å². The van der Waals surface area contributed by atoms with E-state index in [0.717, 1.165) is 23.0 Å². The molecule has 0 amide bonds. The highest BCUT2D eigenvalue weighted by atomic mass is 127. The lowest BCUT2D eigenvalue weighted by Crippen LogP contribution is -2.15. The molecular formula is C13H18INO4. The molecule has 0 aliphatic carbocycles. The summed E-state index contributed by atoms with van der Waals surface area (Å²) in [5.41, 5.74) is 1.96. The van der Waals surface area contributed by atoms with Crippen molar-refractivity contribution in [2.45, 2.75) is 26.3 Å². The molecule has 1 rings (SSSR count). The van der Waals surface area contributed by atoms with Crippen molar-refractivity contribution in [1.82, 2.24) is 4.57 Å². The van der Waals surface area contributed by atoms with Gasteiger partial charge in [-0.15, -0.1) is 0 Å². The maximum absolute atomic E-state index is 11.8. The van der Waals surface area contributed by atoms with Crippen molar-refractivity contribution in [2.24, 2.45) is 0 Å². The number of carbonyl (C=O) groups excluding carboxylic acids is 2. The molecule has 0 aliphatic rings. The molecule has 5 nitrogen and oxygen atoms in total. The van der Waals surface area contributed by atoms with E-state index in [1.807, 2.05) is 17.7 Å². The van der Waals surface area contributed by atoms with Gasteiger partial charge in [0, 0.05) is 22.9 Å². The molecule has 0 bridgehead atoms. The molecule has 0 unspecified atom stereocenters. The number of ether oxygens (including phenoxy) is 2. The molecule has 1 heterocycles. The average Bonchev–Trinajstić information content (AvgIpc) is 2.71. The van der Waals surface area contributed by atoms with Crippen molar-refractivity contribution >= 4 is 34.5 Å². The van der Waals surface area contributed by atoms with Gasteiger partial charge in [-0.05, 0) is 18.9 Å². The molecule has 0 spiro atoms. The Kier molecular flexibility index (Phi) is 6.33. The highest BCUT2D eigenvalue weighted by Gasteiger charge is 2.22. The van der Waals surface area contributed by atoms with Crippen LogP contribution in [0.25, 0.3) is 0 Å². The molecule has 106 valence electrons. The van der Waals surface area contributed by atoms with Crippen molar-refractivity contribution in [3.05, 3.63) is 23.0 Å². The number of esters is 2. The molecule has 0 aliphatic heterocycles. The molecule has 0 aromatic carbocycles. The molecule has 6 heteroatoms. The standard InChI is InChI=1S/C13H18INO4/c1-9-8-15(6-4-5-14)10(7-11(16)18-2)12(9)13(17)19-3/h8H,4-7H2,1-3H3. The van der Waals surface area contributed by atoms with Crippen LogP contribution < -0.4 is 0 Å². The number of aromatic nitrogens is 1. The van der Waals surface area contributed by atoms with Crippen LogP contribution in [0.2, 0.25) is 0 Å². The lowest BCUT2D eigenvalue weighted by molar-refractivity contribution is -0.139. The maximum atomic E-state index is 11.8. The van der Waals surface area contributed by atoms with E-state index < -0.39 is 5.97 Å². The number of nitrogens with zero attached hydrogens (tertiary/aromatic N) is 1. The SMILES string of the molecule is COC(=O)Cc1c(C(=O)OC)c(C)cn1CCCI. The van der Waals surface area contributed by atoms with Gasteiger partial charge in [-0.25, -0.2) is 4.79 Å². The number of hydrogen-bond donors (Lipinski definition) is 0. The van der Waals surface area contributed by atoms with Gasteiger partial charge < -0.3 is 14.0 Å². The minimum absolute atomic E-state index is 0.0794. The third-order valence-electron chi connectivity index (χ3n) is 2.84. The monoisotopic (exact) mass is 379 g/mol. The first-order chi connectivity index (χ1) is 9.04. The summed E-state index contributed by atoms with van der Waals surface area (Å²) < 4.78 is 12.4. The van der Waals surface area contributed by atoms with Crippen LogP contribution in [0.5, 0.6) is 0 Å². The quantitative estimate of drug-likeness (QED) is 0.432. The molecule has 0 atom stereocenters. The van der Waals surface area contributed by atoms with E-state index in [1.54, 1.807) is 0 Å². The molecule has 19 heavy (non-hydrogen) atoms. The molecule has 0 saturated heterocycles. The second kappa shape index (κ2) is 7.52. The minimum atomic E-state index is -0.412. The first-order valence-electron chi connectivity index (χ1n) is 5.94. The number of aryl methyl sites for hydroxylation is 2. The Hall–Kier alpha value is -1.05. The maximum Gasteiger partial charge on any atom is 0.339 e. The third kappa shape index (κ3) is 3.95. The average molecular weight is 379 g/mol. The number of halogens is 1. The molecule has 0 saturated carbocycles. The number of alkyl halides is 1. The summed E-state index contributed by atoms with van der Waals surface area (Å²) in [7, 11) is 2.68. The summed E-state index contributed by atoms with van der Waals surface area (Å²) in [4.78, 5) is 23.3. The van der Waals surface area contributed by atoms with Gasteiger partial charge in [0.25, 0.3) is 0 Å². The number of rotatable bonds is 6. The first-order valence-corrected chi connectivity index (χ1v) is 7.47. The van der Waals surface area contributed by atoms with Crippen LogP contribution in [0, 0.1) is 6.92 Å². The Morgan fingerprint density at radius 1 is 1.32 bits per heavy atom. The molecule has 0 radical (unpaired) electrons. The normalized spacial score (nSPS) is 10.3. The van der Waals surface area contributed by atoms with Crippen molar-refractivity contribution < 1.29 is 19.1 Å². The number of methoxy groups -OCH3 is 2. The van der Waals surface area contributed by atoms with Crippen LogP contribution in [0.1, 0.15) is 28.0 Å². The van der Waals surface area contributed by atoms with E-state index in [4.69, 9.17) is 4.74 Å². The van der Waals surface area contributed by atoms with E-state index in [2.05, 4.69) is 27.3 Å². The van der Waals surface area contributed by atoms with Crippen molar-refractivity contribution in [1.29, 1.82) is 0 Å². The highest BCUT2D eigenvalue weighted by molar-refractivity contribution is 14.1. The summed E-state index contributed by atoms with van der Waals surface area (Å²) in [6.45, 7) is 2.61. The Morgan fingerprint density at radius 3 is 2.53 bits per heavy atom. The Morgan fingerprint density at radius 2 is 2.00 bits per heavy atom. The van der Waals surface area contributed by atoms with Crippen LogP contribution >= 0.6 is 22.6 Å². The fraction of sp³-hybridized carbons (Fsp3) is 0.538. The molecule has 1 aromatic heterocycles. The van der Waals surface area contributed by atoms with Crippen LogP contribution in [-0.2, 0) is 27.2 Å². The minimum Gasteiger partial charge on any atom is -0.469 e. The topological polar surface area (TPSA) is 57.5 Å². The Labute approximate surface area is 126 Å². The second-order valence-corrected chi connectivity index (χ2v) is 5.19. The van der Waals surface area contributed by atoms with Gasteiger partial charge in [0.15, 0.2) is 0 Å². The zero-order chi connectivity index (χ0) is 14.4. The summed E-state index contributed by atoms with van der Waals surface area (Å²) in [6, 6.07) is 0. The fourth-order valence-electron chi connectivity index (χ4n) is 1.96. The van der Waals surface area contributed by atoms with Crippen molar-refractivity contribution in [3.63, 3.8) is 0 Å². The van der Waals surface area contributed by atoms with Gasteiger partial charge >= 0.3 is 11.9 Å². The van der Waals surface area contributed by atoms with E-state index in [0.29, 0.717) is 11.3 Å². The van der Waals surface area contributed by atoms with Gasteiger partial charge in [0.05, 0.1) is 26.2 Å². The fourth-order valence-corrected chi connectivity index (χ4v) is 2.30. The van der Waals surface area contributed by atoms with Crippen LogP contribution in [-0.4, -0.2) is 35.2 Å². The highest BCUT2D eigenvalue weighted by Crippen LogP contribution is 2.20. The van der Waals surface area contributed by atoms with Gasteiger partial charge in [-0.1, -0.05) is 22.6 Å².